The molecule has 0 aliphatic heterocycles. The number of amides is 1. The van der Waals surface area contributed by atoms with Gasteiger partial charge in [-0.15, -0.1) is 0 Å². The number of aromatic nitrogens is 1. The zero-order chi connectivity index (χ0) is 27.1. The van der Waals surface area contributed by atoms with Crippen LogP contribution < -0.4 is 4.72 Å². The molecule has 9 nitrogen and oxygen atoms in total. The Hall–Kier alpha value is -3.94. The molecule has 0 aliphatic carbocycles. The van der Waals surface area contributed by atoms with E-state index in [-0.39, 0.29) is 18.0 Å². The molecule has 0 radical (unpaired) electrons. The Bertz CT molecular complexity index is 1330. The maximum absolute atomic E-state index is 12.8. The van der Waals surface area contributed by atoms with Crippen LogP contribution in [0.2, 0.25) is 0 Å². The number of aliphatic hydroxyl groups excluding tert-OH is 1. The molecule has 0 saturated heterocycles. The summed E-state index contributed by atoms with van der Waals surface area (Å²) in [5.74, 6) is 0. The van der Waals surface area contributed by atoms with Crippen molar-refractivity contribution in [2.75, 3.05) is 17.8 Å². The van der Waals surface area contributed by atoms with Crippen molar-refractivity contribution in [2.24, 2.45) is 0 Å². The van der Waals surface area contributed by atoms with Gasteiger partial charge < -0.3 is 14.7 Å². The summed E-state index contributed by atoms with van der Waals surface area (Å²) < 4.78 is 33.3. The average molecular weight is 523 g/mol. The smallest absolute Gasteiger partial charge is 0.410 e. The van der Waals surface area contributed by atoms with Gasteiger partial charge in [-0.3, -0.25) is 9.71 Å². The fraction of sp³-hybridized carbons (Fsp3) is 0.296. The van der Waals surface area contributed by atoms with Crippen LogP contribution in [0.3, 0.4) is 0 Å². The van der Waals surface area contributed by atoms with Crippen LogP contribution in [0.1, 0.15) is 38.0 Å². The third-order valence-corrected chi connectivity index (χ3v) is 6.66. The largest absolute Gasteiger partial charge is 0.444 e. The Balaban J connectivity index is 1.66. The third-order valence-electron chi connectivity index (χ3n) is 5.27. The summed E-state index contributed by atoms with van der Waals surface area (Å²) in [6.07, 6.45) is 2.16. The molecule has 37 heavy (non-hydrogen) atoms. The van der Waals surface area contributed by atoms with Gasteiger partial charge in [0.25, 0.3) is 10.0 Å². The molecule has 1 aromatic heterocycles. The van der Waals surface area contributed by atoms with E-state index in [2.05, 4.69) is 14.6 Å². The van der Waals surface area contributed by atoms with Crippen LogP contribution in [0.4, 0.5) is 16.2 Å². The lowest BCUT2D eigenvalue weighted by molar-refractivity contribution is 0.0146. The lowest BCUT2D eigenvalue weighted by Gasteiger charge is -2.29. The maximum atomic E-state index is 12.8. The fourth-order valence-corrected chi connectivity index (χ4v) is 4.45. The van der Waals surface area contributed by atoms with Crippen LogP contribution in [0.25, 0.3) is 4.85 Å². The average Bonchev–Trinajstić information content (AvgIpc) is 2.86. The predicted octanol–water partition coefficient (Wildman–Crippen LogP) is 4.95. The van der Waals surface area contributed by atoms with E-state index in [1.54, 1.807) is 69.6 Å². The van der Waals surface area contributed by atoms with Crippen LogP contribution in [0.15, 0.2) is 78.0 Å². The molecule has 1 atom stereocenters. The minimum absolute atomic E-state index is 0.0325. The molecule has 0 fully saturated rings. The quantitative estimate of drug-likeness (QED) is 0.385. The van der Waals surface area contributed by atoms with Gasteiger partial charge in [-0.05, 0) is 51.0 Å². The topological polar surface area (TPSA) is 113 Å². The molecule has 1 unspecified atom stereocenters. The standard InChI is InChI=1S/C27H30N4O5S/c1-27(2,3)36-26(33)31(19-25(32)21-6-5-16-29-18-21)17-15-20-7-9-23(10-8-20)30-37(34,35)24-13-11-22(28-4)12-14-24/h5-14,16,18,25,30,32H,15,17,19H2,1-3H3. The molecular formula is C27H30N4O5S. The van der Waals surface area contributed by atoms with Crippen molar-refractivity contribution in [1.29, 1.82) is 0 Å². The number of carbonyl (C=O) groups is 1. The first-order chi connectivity index (χ1) is 17.5. The number of nitrogens with one attached hydrogen (secondary N) is 1. The lowest BCUT2D eigenvalue weighted by atomic mass is 10.1. The van der Waals surface area contributed by atoms with Crippen molar-refractivity contribution in [3.8, 4) is 0 Å². The summed E-state index contributed by atoms with van der Waals surface area (Å²) in [7, 11) is -3.80. The first kappa shape index (κ1) is 27.6. The highest BCUT2D eigenvalue weighted by Gasteiger charge is 2.24. The van der Waals surface area contributed by atoms with E-state index in [1.165, 1.54) is 29.2 Å². The molecule has 2 aromatic carbocycles. The zero-order valence-electron chi connectivity index (χ0n) is 21.0. The molecule has 1 amide bonds. The van der Waals surface area contributed by atoms with Gasteiger partial charge in [0.1, 0.15) is 5.60 Å². The number of pyridine rings is 1. The van der Waals surface area contributed by atoms with Gasteiger partial charge in [0.05, 0.1) is 24.1 Å². The van der Waals surface area contributed by atoms with E-state index in [0.29, 0.717) is 23.4 Å². The maximum Gasteiger partial charge on any atom is 0.410 e. The zero-order valence-corrected chi connectivity index (χ0v) is 21.8. The summed E-state index contributed by atoms with van der Waals surface area (Å²) >= 11 is 0. The van der Waals surface area contributed by atoms with Crippen molar-refractivity contribution >= 4 is 27.5 Å². The van der Waals surface area contributed by atoms with E-state index < -0.39 is 27.8 Å². The molecule has 3 aromatic rings. The minimum Gasteiger partial charge on any atom is -0.444 e. The van der Waals surface area contributed by atoms with Gasteiger partial charge in [-0.25, -0.2) is 18.1 Å². The monoisotopic (exact) mass is 522 g/mol. The van der Waals surface area contributed by atoms with Crippen LogP contribution in [0.5, 0.6) is 0 Å². The number of nitrogens with zero attached hydrogens (tertiary/aromatic N) is 3. The van der Waals surface area contributed by atoms with E-state index >= 15 is 0 Å². The minimum atomic E-state index is -3.80. The molecule has 0 bridgehead atoms. The Morgan fingerprint density at radius 2 is 1.81 bits per heavy atom. The number of hydrogen-bond acceptors (Lipinski definition) is 6. The Morgan fingerprint density at radius 3 is 2.38 bits per heavy atom. The van der Waals surface area contributed by atoms with Crippen LogP contribution in [-0.4, -0.2) is 48.2 Å². The molecule has 10 heteroatoms. The van der Waals surface area contributed by atoms with Gasteiger partial charge in [0.2, 0.25) is 0 Å². The second-order valence-corrected chi connectivity index (χ2v) is 11.1. The highest BCUT2D eigenvalue weighted by atomic mass is 32.2. The summed E-state index contributed by atoms with van der Waals surface area (Å²) in [6, 6.07) is 15.9. The number of rotatable bonds is 9. The van der Waals surface area contributed by atoms with Gasteiger partial charge >= 0.3 is 6.09 Å². The van der Waals surface area contributed by atoms with E-state index in [9.17, 15) is 18.3 Å². The molecule has 0 spiro atoms. The summed E-state index contributed by atoms with van der Waals surface area (Å²) in [5.41, 5.74) is 1.51. The number of benzene rings is 2. The highest BCUT2D eigenvalue weighted by Crippen LogP contribution is 2.21. The lowest BCUT2D eigenvalue weighted by Crippen LogP contribution is -2.40. The van der Waals surface area contributed by atoms with Gasteiger partial charge in [-0.2, -0.15) is 0 Å². The predicted molar refractivity (Wildman–Crippen MR) is 141 cm³/mol. The number of ether oxygens (including phenoxy) is 1. The second-order valence-electron chi connectivity index (χ2n) is 9.39. The third kappa shape index (κ3) is 8.31. The van der Waals surface area contributed by atoms with E-state index in [1.807, 2.05) is 0 Å². The molecule has 2 N–H and O–H groups in total. The fourth-order valence-electron chi connectivity index (χ4n) is 3.39. The number of anilines is 1. The first-order valence-electron chi connectivity index (χ1n) is 11.6. The number of sulfonamides is 1. The molecule has 0 saturated carbocycles. The van der Waals surface area contributed by atoms with Crippen molar-refractivity contribution in [3.63, 3.8) is 0 Å². The van der Waals surface area contributed by atoms with Crippen LogP contribution >= 0.6 is 0 Å². The Kier molecular flexibility index (Phi) is 8.86. The normalized spacial score (nSPS) is 12.3. The van der Waals surface area contributed by atoms with E-state index in [0.717, 1.165) is 5.56 Å². The van der Waals surface area contributed by atoms with Gasteiger partial charge in [-0.1, -0.05) is 42.5 Å². The summed E-state index contributed by atoms with van der Waals surface area (Å²) in [5, 5.41) is 10.6. The number of hydrogen-bond donors (Lipinski definition) is 2. The number of carbonyl (C=O) groups excluding carboxylic acids is 1. The molecular weight excluding hydrogens is 492 g/mol. The number of aliphatic hydroxyl groups is 1. The Labute approximate surface area is 217 Å². The molecule has 3 rings (SSSR count). The highest BCUT2D eigenvalue weighted by molar-refractivity contribution is 7.92. The van der Waals surface area contributed by atoms with Crippen molar-refractivity contribution in [3.05, 3.63) is 95.6 Å². The van der Waals surface area contributed by atoms with Crippen molar-refractivity contribution in [1.82, 2.24) is 9.88 Å². The molecule has 0 aliphatic rings. The van der Waals surface area contributed by atoms with Crippen molar-refractivity contribution in [2.45, 2.75) is 43.8 Å². The van der Waals surface area contributed by atoms with Gasteiger partial charge in [0, 0.05) is 30.2 Å². The molecule has 194 valence electrons. The second kappa shape index (κ2) is 11.9. The SMILES string of the molecule is [C-]#[N+]c1ccc(S(=O)(=O)Nc2ccc(CCN(CC(O)c3cccnc3)C(=O)OC(C)(C)C)cc2)cc1. The first-order valence-corrected chi connectivity index (χ1v) is 13.1. The van der Waals surface area contributed by atoms with Crippen LogP contribution in [0, 0.1) is 6.57 Å². The van der Waals surface area contributed by atoms with Crippen LogP contribution in [-0.2, 0) is 21.2 Å². The van der Waals surface area contributed by atoms with Crippen molar-refractivity contribution < 1.29 is 23.1 Å². The molecule has 1 heterocycles. The van der Waals surface area contributed by atoms with E-state index in [4.69, 9.17) is 11.3 Å². The Morgan fingerprint density at radius 1 is 1.14 bits per heavy atom. The summed E-state index contributed by atoms with van der Waals surface area (Å²) in [6.45, 7) is 12.6. The van der Waals surface area contributed by atoms with Gasteiger partial charge in [0.15, 0.2) is 5.69 Å². The summed E-state index contributed by atoms with van der Waals surface area (Å²) in [4.78, 5) is 21.6.